The predicted molar refractivity (Wildman–Crippen MR) is 129 cm³/mol. The van der Waals surface area contributed by atoms with Gasteiger partial charge in [0.15, 0.2) is 0 Å². The van der Waals surface area contributed by atoms with Gasteiger partial charge in [-0.25, -0.2) is 9.50 Å². The van der Waals surface area contributed by atoms with Gasteiger partial charge in [0.1, 0.15) is 0 Å². The van der Waals surface area contributed by atoms with Crippen LogP contribution in [0.1, 0.15) is 38.2 Å². The molecular weight excluding hydrogens is 404 g/mol. The molecule has 7 heteroatoms. The maximum atomic E-state index is 4.86. The van der Waals surface area contributed by atoms with Gasteiger partial charge in [-0.05, 0) is 37.3 Å². The number of piperazine rings is 1. The lowest BCUT2D eigenvalue weighted by molar-refractivity contribution is 0.129. The highest BCUT2D eigenvalue weighted by Gasteiger charge is 2.25. The van der Waals surface area contributed by atoms with Crippen molar-refractivity contribution in [1.29, 1.82) is 0 Å². The highest BCUT2D eigenvalue weighted by atomic mass is 32.1. The maximum Gasteiger partial charge on any atom is 0.214 e. The number of likely N-dealkylation sites (N-methyl/N-ethyl adjacent to an activating group) is 1. The molecule has 2 aliphatic heterocycles. The Morgan fingerprint density at radius 1 is 1.00 bits per heavy atom. The quantitative estimate of drug-likeness (QED) is 0.601. The number of hydrogen-bond acceptors (Lipinski definition) is 6. The molecule has 0 saturated carbocycles. The number of anilines is 1. The molecule has 4 heterocycles. The number of aromatic nitrogens is 3. The minimum absolute atomic E-state index is 0.550. The molecule has 166 valence electrons. The molecule has 5 rings (SSSR count). The van der Waals surface area contributed by atoms with Crippen molar-refractivity contribution in [3.8, 4) is 11.3 Å². The number of piperidine rings is 1. The Bertz CT molecular complexity index is 959. The van der Waals surface area contributed by atoms with Gasteiger partial charge in [0.2, 0.25) is 10.1 Å². The Hall–Kier alpha value is -1.96. The standard InChI is InChI=1S/C24H34N6S/c1-18(2)20-4-6-21(7-5-20)22-17-30-23(25-22)31-24(26-30)29-10-8-19(9-11-29)16-28-14-12-27(3)13-15-28/h4-7,17-19H,8-16H2,1-3H3. The second-order valence-electron chi connectivity index (χ2n) is 9.55. The zero-order chi connectivity index (χ0) is 21.4. The number of benzene rings is 1. The summed E-state index contributed by atoms with van der Waals surface area (Å²) in [5.74, 6) is 1.37. The molecule has 0 bridgehead atoms. The molecule has 2 saturated heterocycles. The number of nitrogens with zero attached hydrogens (tertiary/aromatic N) is 6. The molecule has 3 aromatic rings. The first-order valence-corrected chi connectivity index (χ1v) is 12.5. The predicted octanol–water partition coefficient (Wildman–Crippen LogP) is 4.05. The van der Waals surface area contributed by atoms with Crippen LogP contribution >= 0.6 is 11.3 Å². The van der Waals surface area contributed by atoms with Gasteiger partial charge in [-0.3, -0.25) is 0 Å². The normalized spacial score (nSPS) is 19.7. The van der Waals surface area contributed by atoms with Gasteiger partial charge < -0.3 is 14.7 Å². The average Bonchev–Trinajstić information content (AvgIpc) is 3.35. The topological polar surface area (TPSA) is 39.9 Å². The molecule has 2 aromatic heterocycles. The summed E-state index contributed by atoms with van der Waals surface area (Å²) in [6, 6.07) is 8.76. The van der Waals surface area contributed by atoms with E-state index < -0.39 is 0 Å². The Kier molecular flexibility index (Phi) is 5.99. The summed E-state index contributed by atoms with van der Waals surface area (Å²) < 4.78 is 1.96. The van der Waals surface area contributed by atoms with Crippen LogP contribution in [0.25, 0.3) is 16.2 Å². The van der Waals surface area contributed by atoms with Crippen LogP contribution in [-0.2, 0) is 0 Å². The van der Waals surface area contributed by atoms with Crippen LogP contribution < -0.4 is 4.90 Å². The van der Waals surface area contributed by atoms with Crippen molar-refractivity contribution >= 4 is 21.4 Å². The van der Waals surface area contributed by atoms with Crippen molar-refractivity contribution in [3.63, 3.8) is 0 Å². The monoisotopic (exact) mass is 438 g/mol. The zero-order valence-corrected chi connectivity index (χ0v) is 19.8. The molecule has 0 aliphatic carbocycles. The fourth-order valence-corrected chi connectivity index (χ4v) is 5.63. The highest BCUT2D eigenvalue weighted by Crippen LogP contribution is 2.30. The summed E-state index contributed by atoms with van der Waals surface area (Å²) in [6.45, 7) is 12.8. The smallest absolute Gasteiger partial charge is 0.214 e. The van der Waals surface area contributed by atoms with Crippen LogP contribution in [0.2, 0.25) is 0 Å². The van der Waals surface area contributed by atoms with Crippen LogP contribution in [-0.4, -0.2) is 77.3 Å². The molecule has 2 aliphatic rings. The first kappa shape index (κ1) is 20.9. The molecule has 0 unspecified atom stereocenters. The molecule has 31 heavy (non-hydrogen) atoms. The summed E-state index contributed by atoms with van der Waals surface area (Å²) in [6.07, 6.45) is 4.60. The van der Waals surface area contributed by atoms with Gasteiger partial charge in [-0.15, -0.1) is 5.10 Å². The van der Waals surface area contributed by atoms with Gasteiger partial charge in [-0.2, -0.15) is 0 Å². The van der Waals surface area contributed by atoms with Crippen LogP contribution in [0.15, 0.2) is 30.5 Å². The van der Waals surface area contributed by atoms with E-state index in [1.165, 1.54) is 51.1 Å². The van der Waals surface area contributed by atoms with E-state index in [1.807, 2.05) is 4.52 Å². The average molecular weight is 439 g/mol. The van der Waals surface area contributed by atoms with Crippen molar-refractivity contribution in [1.82, 2.24) is 24.4 Å². The SMILES string of the molecule is CC(C)c1ccc(-c2cn3nc(N4CCC(CN5CCN(C)CC5)CC4)sc3n2)cc1. The van der Waals surface area contributed by atoms with Gasteiger partial charge >= 0.3 is 0 Å². The van der Waals surface area contributed by atoms with Gasteiger partial charge in [0.25, 0.3) is 0 Å². The van der Waals surface area contributed by atoms with E-state index in [2.05, 4.69) is 66.1 Å². The molecule has 0 amide bonds. The second kappa shape index (κ2) is 8.88. The third kappa shape index (κ3) is 4.64. The van der Waals surface area contributed by atoms with Crippen molar-refractivity contribution in [2.24, 2.45) is 5.92 Å². The summed E-state index contributed by atoms with van der Waals surface area (Å²) in [5.41, 5.74) is 3.53. The van der Waals surface area contributed by atoms with Crippen LogP contribution in [0.3, 0.4) is 0 Å². The van der Waals surface area contributed by atoms with E-state index in [0.717, 1.165) is 40.4 Å². The number of fused-ring (bicyclic) bond motifs is 1. The fourth-order valence-electron chi connectivity index (χ4n) is 4.70. The van der Waals surface area contributed by atoms with E-state index in [9.17, 15) is 0 Å². The third-order valence-electron chi connectivity index (χ3n) is 6.90. The summed E-state index contributed by atoms with van der Waals surface area (Å²) in [7, 11) is 2.23. The Balaban J connectivity index is 1.19. The van der Waals surface area contributed by atoms with E-state index in [-0.39, 0.29) is 0 Å². The first-order valence-electron chi connectivity index (χ1n) is 11.7. The van der Waals surface area contributed by atoms with Gasteiger partial charge in [-0.1, -0.05) is 49.4 Å². The van der Waals surface area contributed by atoms with Gasteiger partial charge in [0, 0.05) is 51.4 Å². The number of rotatable bonds is 5. The molecule has 1 aromatic carbocycles. The van der Waals surface area contributed by atoms with E-state index in [4.69, 9.17) is 10.1 Å². The minimum atomic E-state index is 0.550. The minimum Gasteiger partial charge on any atom is -0.347 e. The van der Waals surface area contributed by atoms with E-state index in [0.29, 0.717) is 5.92 Å². The van der Waals surface area contributed by atoms with Crippen molar-refractivity contribution in [2.45, 2.75) is 32.6 Å². The molecule has 0 spiro atoms. The highest BCUT2D eigenvalue weighted by molar-refractivity contribution is 7.20. The Labute approximate surface area is 189 Å². The largest absolute Gasteiger partial charge is 0.347 e. The molecule has 2 fully saturated rings. The lowest BCUT2D eigenvalue weighted by Crippen LogP contribution is -2.47. The summed E-state index contributed by atoms with van der Waals surface area (Å²) >= 11 is 1.72. The Morgan fingerprint density at radius 2 is 1.71 bits per heavy atom. The summed E-state index contributed by atoms with van der Waals surface area (Å²) in [4.78, 5) is 13.4. The molecular formula is C24H34N6S. The fraction of sp³-hybridized carbons (Fsp3) is 0.583. The van der Waals surface area contributed by atoms with E-state index >= 15 is 0 Å². The maximum absolute atomic E-state index is 4.86. The second-order valence-corrected chi connectivity index (χ2v) is 10.5. The van der Waals surface area contributed by atoms with Gasteiger partial charge in [0.05, 0.1) is 11.9 Å². The third-order valence-corrected chi connectivity index (χ3v) is 7.89. The first-order chi connectivity index (χ1) is 15.0. The lowest BCUT2D eigenvalue weighted by Gasteiger charge is -2.37. The van der Waals surface area contributed by atoms with Crippen LogP contribution in [0, 0.1) is 5.92 Å². The Morgan fingerprint density at radius 3 is 2.35 bits per heavy atom. The van der Waals surface area contributed by atoms with Crippen molar-refractivity contribution in [3.05, 3.63) is 36.0 Å². The van der Waals surface area contributed by atoms with Crippen LogP contribution in [0.5, 0.6) is 0 Å². The molecule has 6 nitrogen and oxygen atoms in total. The number of imidazole rings is 1. The lowest BCUT2D eigenvalue weighted by atomic mass is 9.96. The summed E-state index contributed by atoms with van der Waals surface area (Å²) in [5, 5.41) is 5.97. The molecule has 0 N–H and O–H groups in total. The molecule has 0 atom stereocenters. The molecule has 0 radical (unpaired) electrons. The van der Waals surface area contributed by atoms with Crippen LogP contribution in [0.4, 0.5) is 5.13 Å². The van der Waals surface area contributed by atoms with E-state index in [1.54, 1.807) is 11.3 Å². The van der Waals surface area contributed by atoms with Crippen molar-refractivity contribution in [2.75, 3.05) is 57.8 Å². The van der Waals surface area contributed by atoms with Crippen molar-refractivity contribution < 1.29 is 0 Å². The zero-order valence-electron chi connectivity index (χ0n) is 19.0. The number of hydrogen-bond donors (Lipinski definition) is 0.